The number of carboxylic acid groups (broad SMARTS) is 1. The second-order valence-electron chi connectivity index (χ2n) is 7.20. The smallest absolute Gasteiger partial charge is 0.408 e. The minimum Gasteiger partial charge on any atom is -0.508 e. The van der Waals surface area contributed by atoms with Crippen LogP contribution >= 0.6 is 0 Å². The molecule has 0 fully saturated rings. The molecule has 0 unspecified atom stereocenters. The standard InChI is InChI=1S/C22H26N2O6/c1-14(2)19(24-22(29)30-13-16-6-4-3-5-7-16)20(26)23-18(21(27)28)12-15-8-10-17(25)11-9-15/h3-11,14,18-19,25H,12-13H2,1-2H3,(H,23,26)(H,24,29)(H,27,28)/t18-,19-/m0/s1. The Hall–Kier alpha value is -3.55. The molecule has 30 heavy (non-hydrogen) atoms. The van der Waals surface area contributed by atoms with Crippen molar-refractivity contribution in [2.45, 2.75) is 39.0 Å². The molecular formula is C22H26N2O6. The van der Waals surface area contributed by atoms with E-state index in [0.29, 0.717) is 5.56 Å². The van der Waals surface area contributed by atoms with E-state index in [1.54, 1.807) is 38.1 Å². The maximum absolute atomic E-state index is 12.7. The maximum atomic E-state index is 12.7. The van der Waals surface area contributed by atoms with Crippen LogP contribution in [0.4, 0.5) is 4.79 Å². The number of carboxylic acids is 1. The first-order valence-corrected chi connectivity index (χ1v) is 9.54. The van der Waals surface area contributed by atoms with E-state index in [1.807, 2.05) is 18.2 Å². The van der Waals surface area contributed by atoms with Crippen LogP contribution in [0.1, 0.15) is 25.0 Å². The number of hydrogen-bond acceptors (Lipinski definition) is 5. The van der Waals surface area contributed by atoms with Crippen molar-refractivity contribution in [2.75, 3.05) is 0 Å². The Balaban J connectivity index is 1.97. The molecule has 0 aromatic heterocycles. The molecular weight excluding hydrogens is 388 g/mol. The van der Waals surface area contributed by atoms with Gasteiger partial charge < -0.3 is 25.6 Å². The van der Waals surface area contributed by atoms with Crippen LogP contribution in [0, 0.1) is 5.92 Å². The minimum atomic E-state index is -1.20. The van der Waals surface area contributed by atoms with Crippen molar-refractivity contribution in [1.82, 2.24) is 10.6 Å². The predicted octanol–water partition coefficient (Wildman–Crippen LogP) is 2.46. The summed E-state index contributed by atoms with van der Waals surface area (Å²) in [5.41, 5.74) is 1.44. The van der Waals surface area contributed by atoms with E-state index in [1.165, 1.54) is 12.1 Å². The summed E-state index contributed by atoms with van der Waals surface area (Å²) in [4.78, 5) is 36.4. The van der Waals surface area contributed by atoms with Gasteiger partial charge in [-0.3, -0.25) is 4.79 Å². The number of rotatable bonds is 9. The number of alkyl carbamates (subject to hydrolysis) is 1. The van der Waals surface area contributed by atoms with E-state index < -0.39 is 30.1 Å². The second kappa shape index (κ2) is 10.8. The van der Waals surface area contributed by atoms with Crippen LogP contribution in [-0.4, -0.2) is 40.3 Å². The molecule has 2 atom stereocenters. The Morgan fingerprint density at radius 3 is 2.13 bits per heavy atom. The largest absolute Gasteiger partial charge is 0.508 e. The van der Waals surface area contributed by atoms with Crippen LogP contribution in [0.3, 0.4) is 0 Å². The lowest BCUT2D eigenvalue weighted by Crippen LogP contribution is -2.54. The first-order chi connectivity index (χ1) is 14.3. The summed E-state index contributed by atoms with van der Waals surface area (Å²) in [6, 6.07) is 13.0. The number of phenolic OH excluding ortho intramolecular Hbond substituents is 1. The number of phenols is 1. The fraction of sp³-hybridized carbons (Fsp3) is 0.318. The van der Waals surface area contributed by atoms with Crippen LogP contribution in [-0.2, 0) is 27.4 Å². The summed E-state index contributed by atoms with van der Waals surface area (Å²) in [6.07, 6.45) is -0.733. The summed E-state index contributed by atoms with van der Waals surface area (Å²) in [5.74, 6) is -2.05. The number of nitrogens with one attached hydrogen (secondary N) is 2. The number of aromatic hydroxyl groups is 1. The molecule has 0 saturated carbocycles. The fourth-order valence-corrected chi connectivity index (χ4v) is 2.76. The van der Waals surface area contributed by atoms with E-state index in [2.05, 4.69) is 10.6 Å². The number of amides is 2. The molecule has 0 heterocycles. The van der Waals surface area contributed by atoms with Crippen LogP contribution in [0.25, 0.3) is 0 Å². The number of benzene rings is 2. The Morgan fingerprint density at radius 2 is 1.57 bits per heavy atom. The van der Waals surface area contributed by atoms with Crippen molar-refractivity contribution in [2.24, 2.45) is 5.92 Å². The SMILES string of the molecule is CC(C)[C@H](NC(=O)OCc1ccccc1)C(=O)N[C@@H](Cc1ccc(O)cc1)C(=O)O. The van der Waals surface area contributed by atoms with Crippen molar-refractivity contribution < 1.29 is 29.3 Å². The van der Waals surface area contributed by atoms with E-state index in [4.69, 9.17) is 4.74 Å². The third-order valence-electron chi connectivity index (χ3n) is 4.43. The predicted molar refractivity (Wildman–Crippen MR) is 110 cm³/mol. The topological polar surface area (TPSA) is 125 Å². The summed E-state index contributed by atoms with van der Waals surface area (Å²) in [5, 5.41) is 23.8. The van der Waals surface area contributed by atoms with E-state index in [-0.39, 0.29) is 24.7 Å². The highest BCUT2D eigenvalue weighted by atomic mass is 16.5. The van der Waals surface area contributed by atoms with Gasteiger partial charge in [-0.05, 0) is 29.2 Å². The van der Waals surface area contributed by atoms with Gasteiger partial charge >= 0.3 is 12.1 Å². The molecule has 2 rings (SSSR count). The molecule has 0 spiro atoms. The Kier molecular flexibility index (Phi) is 8.22. The monoisotopic (exact) mass is 414 g/mol. The van der Waals surface area contributed by atoms with Crippen molar-refractivity contribution in [3.63, 3.8) is 0 Å². The second-order valence-corrected chi connectivity index (χ2v) is 7.20. The zero-order valence-electron chi connectivity index (χ0n) is 16.9. The quantitative estimate of drug-likeness (QED) is 0.500. The normalized spacial score (nSPS) is 12.6. The third kappa shape index (κ3) is 7.12. The summed E-state index contributed by atoms with van der Waals surface area (Å²) < 4.78 is 5.15. The molecule has 2 amide bonds. The zero-order valence-corrected chi connectivity index (χ0v) is 16.9. The van der Waals surface area contributed by atoms with Crippen LogP contribution < -0.4 is 10.6 Å². The summed E-state index contributed by atoms with van der Waals surface area (Å²) in [6.45, 7) is 3.52. The lowest BCUT2D eigenvalue weighted by molar-refractivity contribution is -0.142. The molecule has 160 valence electrons. The Morgan fingerprint density at radius 1 is 0.933 bits per heavy atom. The van der Waals surface area contributed by atoms with Gasteiger partial charge in [0.1, 0.15) is 24.4 Å². The number of ether oxygens (including phenoxy) is 1. The molecule has 8 nitrogen and oxygen atoms in total. The van der Waals surface area contributed by atoms with E-state index in [9.17, 15) is 24.6 Å². The lowest BCUT2D eigenvalue weighted by atomic mass is 10.0. The van der Waals surface area contributed by atoms with E-state index in [0.717, 1.165) is 5.56 Å². The molecule has 2 aromatic rings. The van der Waals surface area contributed by atoms with Crippen molar-refractivity contribution in [1.29, 1.82) is 0 Å². The molecule has 0 aliphatic rings. The zero-order chi connectivity index (χ0) is 22.1. The molecule has 8 heteroatoms. The van der Waals surface area contributed by atoms with Gasteiger partial charge in [-0.2, -0.15) is 0 Å². The highest BCUT2D eigenvalue weighted by Gasteiger charge is 2.29. The fourth-order valence-electron chi connectivity index (χ4n) is 2.76. The van der Waals surface area contributed by atoms with Gasteiger partial charge in [-0.25, -0.2) is 9.59 Å². The highest BCUT2D eigenvalue weighted by Crippen LogP contribution is 2.12. The number of carbonyl (C=O) groups excluding carboxylic acids is 2. The van der Waals surface area contributed by atoms with Gasteiger partial charge in [0.25, 0.3) is 0 Å². The van der Waals surface area contributed by atoms with E-state index >= 15 is 0 Å². The molecule has 0 aliphatic carbocycles. The lowest BCUT2D eigenvalue weighted by Gasteiger charge is -2.24. The van der Waals surface area contributed by atoms with Crippen molar-refractivity contribution >= 4 is 18.0 Å². The molecule has 0 bridgehead atoms. The first kappa shape index (κ1) is 22.7. The number of aliphatic carboxylic acids is 1. The van der Waals surface area contributed by atoms with Gasteiger partial charge in [0.15, 0.2) is 0 Å². The van der Waals surface area contributed by atoms with Gasteiger partial charge in [0.05, 0.1) is 0 Å². The van der Waals surface area contributed by atoms with Crippen LogP contribution in [0.5, 0.6) is 5.75 Å². The van der Waals surface area contributed by atoms with Gasteiger partial charge in [-0.15, -0.1) is 0 Å². The number of hydrogen-bond donors (Lipinski definition) is 4. The molecule has 4 N–H and O–H groups in total. The van der Waals surface area contributed by atoms with Crippen LogP contribution in [0.15, 0.2) is 54.6 Å². The van der Waals surface area contributed by atoms with Crippen LogP contribution in [0.2, 0.25) is 0 Å². The Bertz CT molecular complexity index is 852. The van der Waals surface area contributed by atoms with Gasteiger partial charge in [0, 0.05) is 6.42 Å². The number of carbonyl (C=O) groups is 3. The van der Waals surface area contributed by atoms with Crippen molar-refractivity contribution in [3.05, 3.63) is 65.7 Å². The maximum Gasteiger partial charge on any atom is 0.408 e. The first-order valence-electron chi connectivity index (χ1n) is 9.54. The van der Waals surface area contributed by atoms with Crippen molar-refractivity contribution in [3.8, 4) is 5.75 Å². The molecule has 0 saturated heterocycles. The average Bonchev–Trinajstić information content (AvgIpc) is 2.71. The molecule has 2 aromatic carbocycles. The Labute approximate surface area is 174 Å². The summed E-state index contributed by atoms with van der Waals surface area (Å²) >= 11 is 0. The summed E-state index contributed by atoms with van der Waals surface area (Å²) in [7, 11) is 0. The van der Waals surface area contributed by atoms with Gasteiger partial charge in [-0.1, -0.05) is 56.3 Å². The highest BCUT2D eigenvalue weighted by molar-refractivity contribution is 5.89. The molecule has 0 radical (unpaired) electrons. The molecule has 0 aliphatic heterocycles. The minimum absolute atomic E-state index is 0.0324. The third-order valence-corrected chi connectivity index (χ3v) is 4.43. The van der Waals surface area contributed by atoms with Gasteiger partial charge in [0.2, 0.25) is 5.91 Å². The average molecular weight is 414 g/mol.